The minimum absolute atomic E-state index is 0.0341. The quantitative estimate of drug-likeness (QED) is 0.606. The van der Waals surface area contributed by atoms with E-state index in [1.165, 1.54) is 43.5 Å². The van der Waals surface area contributed by atoms with Crippen molar-refractivity contribution in [2.24, 2.45) is 0 Å². The maximum atomic E-state index is 13.3. The van der Waals surface area contributed by atoms with Crippen LogP contribution in [0.2, 0.25) is 5.02 Å². The van der Waals surface area contributed by atoms with Gasteiger partial charge in [-0.05, 0) is 67.6 Å². The molecule has 0 unspecified atom stereocenters. The van der Waals surface area contributed by atoms with Gasteiger partial charge in [-0.1, -0.05) is 29.3 Å². The van der Waals surface area contributed by atoms with Gasteiger partial charge in [0.05, 0.1) is 17.7 Å². The van der Waals surface area contributed by atoms with Crippen molar-refractivity contribution in [2.45, 2.75) is 11.8 Å². The molecular weight excluding hydrogens is 398 g/mol. The normalized spacial score (nSPS) is 11.1. The molecular formula is C21H18ClNO4S. The molecule has 0 aliphatic rings. The minimum atomic E-state index is -4.16. The average Bonchev–Trinajstić information content (AvgIpc) is 2.69. The van der Waals surface area contributed by atoms with Crippen molar-refractivity contribution in [3.8, 4) is 5.75 Å². The van der Waals surface area contributed by atoms with Crippen LogP contribution >= 0.6 is 11.6 Å². The lowest BCUT2D eigenvalue weighted by Gasteiger charge is -2.23. The van der Waals surface area contributed by atoms with E-state index >= 15 is 0 Å². The first-order chi connectivity index (χ1) is 13.3. The molecule has 0 atom stereocenters. The zero-order chi connectivity index (χ0) is 20.3. The van der Waals surface area contributed by atoms with Crippen molar-refractivity contribution in [1.29, 1.82) is 0 Å². The summed E-state index contributed by atoms with van der Waals surface area (Å²) < 4.78 is 32.5. The molecule has 3 rings (SSSR count). The van der Waals surface area contributed by atoms with Crippen LogP contribution in [0.3, 0.4) is 0 Å². The number of methoxy groups -OCH3 is 1. The highest BCUT2D eigenvalue weighted by Crippen LogP contribution is 2.28. The van der Waals surface area contributed by atoms with Crippen LogP contribution in [0.15, 0.2) is 77.7 Å². The van der Waals surface area contributed by atoms with Gasteiger partial charge in [0.15, 0.2) is 0 Å². The molecule has 0 fully saturated rings. The molecule has 5 nitrogen and oxygen atoms in total. The van der Waals surface area contributed by atoms with Gasteiger partial charge in [0, 0.05) is 10.6 Å². The van der Waals surface area contributed by atoms with Gasteiger partial charge in [-0.25, -0.2) is 8.42 Å². The molecule has 0 saturated heterocycles. The van der Waals surface area contributed by atoms with Gasteiger partial charge in [-0.15, -0.1) is 0 Å². The fourth-order valence-electron chi connectivity index (χ4n) is 2.61. The second-order valence-corrected chi connectivity index (χ2v) is 8.32. The number of aryl methyl sites for hydroxylation is 1. The van der Waals surface area contributed by atoms with Crippen molar-refractivity contribution in [3.63, 3.8) is 0 Å². The first kappa shape index (κ1) is 19.9. The Morgan fingerprint density at radius 1 is 0.893 bits per heavy atom. The Kier molecular flexibility index (Phi) is 5.72. The van der Waals surface area contributed by atoms with E-state index < -0.39 is 15.9 Å². The Morgan fingerprint density at radius 2 is 1.46 bits per heavy atom. The smallest absolute Gasteiger partial charge is 0.272 e. The summed E-state index contributed by atoms with van der Waals surface area (Å²) in [6, 6.07) is 18.7. The van der Waals surface area contributed by atoms with Crippen molar-refractivity contribution >= 4 is 33.2 Å². The molecule has 0 N–H and O–H groups in total. The van der Waals surface area contributed by atoms with E-state index in [9.17, 15) is 13.2 Å². The number of ether oxygens (including phenoxy) is 1. The molecule has 1 amide bonds. The average molecular weight is 416 g/mol. The molecule has 28 heavy (non-hydrogen) atoms. The van der Waals surface area contributed by atoms with E-state index in [0.29, 0.717) is 10.8 Å². The van der Waals surface area contributed by atoms with Crippen molar-refractivity contribution in [1.82, 2.24) is 0 Å². The lowest BCUT2D eigenvalue weighted by Crippen LogP contribution is -2.37. The summed E-state index contributed by atoms with van der Waals surface area (Å²) in [7, 11) is -2.66. The van der Waals surface area contributed by atoms with Gasteiger partial charge in [0.1, 0.15) is 5.75 Å². The number of carbonyl (C=O) groups is 1. The van der Waals surface area contributed by atoms with E-state index in [1.54, 1.807) is 36.4 Å². The van der Waals surface area contributed by atoms with E-state index in [4.69, 9.17) is 16.3 Å². The van der Waals surface area contributed by atoms with Gasteiger partial charge in [0.2, 0.25) is 0 Å². The highest BCUT2D eigenvalue weighted by atomic mass is 35.5. The SMILES string of the molecule is COc1ccc(N(C(=O)c2ccc(C)cc2)S(=O)(=O)c2ccc(Cl)cc2)cc1. The summed E-state index contributed by atoms with van der Waals surface area (Å²) in [6.45, 7) is 1.89. The number of hydrogen-bond donors (Lipinski definition) is 0. The van der Waals surface area contributed by atoms with Gasteiger partial charge in [-0.3, -0.25) is 4.79 Å². The number of hydrogen-bond acceptors (Lipinski definition) is 4. The molecule has 0 spiro atoms. The summed E-state index contributed by atoms with van der Waals surface area (Å²) in [6.07, 6.45) is 0. The largest absolute Gasteiger partial charge is 0.497 e. The van der Waals surface area contributed by atoms with Gasteiger partial charge in [0.25, 0.3) is 15.9 Å². The standard InChI is InChI=1S/C21H18ClNO4S/c1-15-3-5-16(6-4-15)21(24)23(18-9-11-19(27-2)12-10-18)28(25,26)20-13-7-17(22)8-14-20/h3-14H,1-2H3. The molecule has 0 saturated carbocycles. The number of nitrogens with zero attached hydrogens (tertiary/aromatic N) is 1. The predicted octanol–water partition coefficient (Wildman–Crippen LogP) is 4.69. The van der Waals surface area contributed by atoms with Crippen LogP contribution in [0, 0.1) is 6.92 Å². The molecule has 144 valence electrons. The van der Waals surface area contributed by atoms with E-state index in [1.807, 2.05) is 6.92 Å². The van der Waals surface area contributed by atoms with Gasteiger partial charge >= 0.3 is 0 Å². The van der Waals surface area contributed by atoms with E-state index in [0.717, 1.165) is 9.87 Å². The number of sulfonamides is 1. The predicted molar refractivity (Wildman–Crippen MR) is 110 cm³/mol. The molecule has 7 heteroatoms. The van der Waals surface area contributed by atoms with Crippen LogP contribution < -0.4 is 9.04 Å². The number of rotatable bonds is 5. The Labute approximate surface area is 169 Å². The topological polar surface area (TPSA) is 63.7 Å². The first-order valence-corrected chi connectivity index (χ1v) is 10.2. The second-order valence-electron chi connectivity index (χ2n) is 6.09. The lowest BCUT2D eigenvalue weighted by molar-refractivity contribution is 0.101. The first-order valence-electron chi connectivity index (χ1n) is 8.39. The second kappa shape index (κ2) is 8.04. The zero-order valence-corrected chi connectivity index (χ0v) is 16.9. The van der Waals surface area contributed by atoms with Crippen LogP contribution in [0.1, 0.15) is 15.9 Å². The van der Waals surface area contributed by atoms with Crippen LogP contribution in [-0.2, 0) is 10.0 Å². The van der Waals surface area contributed by atoms with Crippen LogP contribution in [0.25, 0.3) is 0 Å². The fraction of sp³-hybridized carbons (Fsp3) is 0.0952. The lowest BCUT2D eigenvalue weighted by atomic mass is 10.1. The monoisotopic (exact) mass is 415 g/mol. The van der Waals surface area contributed by atoms with Crippen molar-refractivity contribution < 1.29 is 17.9 Å². The number of carbonyl (C=O) groups excluding carboxylic acids is 1. The summed E-state index contributed by atoms with van der Waals surface area (Å²) in [5, 5.41) is 0.403. The molecule has 0 aliphatic carbocycles. The molecule has 0 aromatic heterocycles. The third kappa shape index (κ3) is 4.03. The van der Waals surface area contributed by atoms with Crippen LogP contribution in [-0.4, -0.2) is 21.4 Å². The van der Waals surface area contributed by atoms with Gasteiger partial charge in [-0.2, -0.15) is 4.31 Å². The molecule has 0 bridgehead atoms. The third-order valence-electron chi connectivity index (χ3n) is 4.14. The highest BCUT2D eigenvalue weighted by molar-refractivity contribution is 7.93. The Balaban J connectivity index is 2.13. The summed E-state index contributed by atoms with van der Waals surface area (Å²) in [4.78, 5) is 13.2. The summed E-state index contributed by atoms with van der Waals surface area (Å²) in [5.74, 6) is -0.101. The van der Waals surface area contributed by atoms with Gasteiger partial charge < -0.3 is 4.74 Å². The number of amides is 1. The van der Waals surface area contributed by atoms with Crippen molar-refractivity contribution in [3.05, 3.63) is 88.9 Å². The van der Waals surface area contributed by atoms with Crippen LogP contribution in [0.5, 0.6) is 5.75 Å². The van der Waals surface area contributed by atoms with Crippen molar-refractivity contribution in [2.75, 3.05) is 11.4 Å². The highest BCUT2D eigenvalue weighted by Gasteiger charge is 2.31. The van der Waals surface area contributed by atoms with E-state index in [2.05, 4.69) is 0 Å². The summed E-state index contributed by atoms with van der Waals surface area (Å²) in [5.41, 5.74) is 1.44. The fourth-order valence-corrected chi connectivity index (χ4v) is 4.15. The Hall–Kier alpha value is -2.83. The Bertz CT molecular complexity index is 1080. The minimum Gasteiger partial charge on any atom is -0.497 e. The maximum Gasteiger partial charge on any atom is 0.272 e. The number of anilines is 1. The number of benzene rings is 3. The zero-order valence-electron chi connectivity index (χ0n) is 15.3. The molecule has 0 radical (unpaired) electrons. The molecule has 0 heterocycles. The van der Waals surface area contributed by atoms with Crippen LogP contribution in [0.4, 0.5) is 5.69 Å². The molecule has 3 aromatic carbocycles. The Morgan fingerprint density at radius 3 is 2.00 bits per heavy atom. The molecule has 0 aliphatic heterocycles. The molecule has 3 aromatic rings. The number of halogens is 1. The third-order valence-corrected chi connectivity index (χ3v) is 6.12. The van der Waals surface area contributed by atoms with E-state index in [-0.39, 0.29) is 16.1 Å². The maximum absolute atomic E-state index is 13.3. The summed E-state index contributed by atoms with van der Waals surface area (Å²) >= 11 is 5.88.